The Kier molecular flexibility index (Phi) is 6.69. The van der Waals surface area contributed by atoms with Gasteiger partial charge in [0.1, 0.15) is 0 Å². The van der Waals surface area contributed by atoms with E-state index < -0.39 is 6.17 Å². The number of hydrogen-bond donors (Lipinski definition) is 0. The smallest absolute Gasteiger partial charge is 0.292 e. The first-order chi connectivity index (χ1) is 14.5. The molecule has 0 saturated carbocycles. The zero-order chi connectivity index (χ0) is 23.1. The molecule has 0 spiro atoms. The Balaban J connectivity index is 2.19. The van der Waals surface area contributed by atoms with Crippen molar-refractivity contribution >= 4 is 11.4 Å². The number of hydrogen-bond acceptors (Lipinski definition) is 2. The molecule has 0 bridgehead atoms. The van der Waals surface area contributed by atoms with Crippen molar-refractivity contribution in [2.45, 2.75) is 85.2 Å². The van der Waals surface area contributed by atoms with E-state index in [1.165, 1.54) is 9.80 Å². The van der Waals surface area contributed by atoms with Crippen LogP contribution in [0, 0.1) is 0 Å². The highest BCUT2D eigenvalue weighted by molar-refractivity contribution is 5.69. The highest BCUT2D eigenvalue weighted by Gasteiger charge is 2.51. The summed E-state index contributed by atoms with van der Waals surface area (Å²) >= 11 is 0. The monoisotopic (exact) mass is 428 g/mol. The summed E-state index contributed by atoms with van der Waals surface area (Å²) in [7, 11) is 0. The first-order valence-corrected chi connectivity index (χ1v) is 11.7. The lowest BCUT2D eigenvalue weighted by molar-refractivity contribution is 0.0163. The number of nitrogens with zero attached hydrogens (tertiary/aromatic N) is 2. The first-order valence-electron chi connectivity index (χ1n) is 11.7. The third-order valence-corrected chi connectivity index (χ3v) is 6.42. The molecule has 3 rings (SSSR count). The summed E-state index contributed by atoms with van der Waals surface area (Å²) < 4.78 is 32.5. The predicted molar refractivity (Wildman–Crippen MR) is 129 cm³/mol. The van der Waals surface area contributed by atoms with Gasteiger partial charge < -0.3 is 0 Å². The van der Waals surface area contributed by atoms with Crippen LogP contribution in [0.4, 0.5) is 20.2 Å². The Morgan fingerprint density at radius 2 is 0.839 bits per heavy atom. The van der Waals surface area contributed by atoms with Crippen LogP contribution in [-0.2, 0) is 0 Å². The number of halogens is 2. The Hall–Kier alpha value is -2.10. The van der Waals surface area contributed by atoms with E-state index >= 15 is 8.78 Å². The zero-order valence-electron chi connectivity index (χ0n) is 20.3. The van der Waals surface area contributed by atoms with Crippen molar-refractivity contribution in [2.24, 2.45) is 0 Å². The Labute approximate surface area is 187 Å². The van der Waals surface area contributed by atoms with Gasteiger partial charge in [0.25, 0.3) is 0 Å². The fraction of sp³-hybridized carbons (Fsp3) is 0.556. The van der Waals surface area contributed by atoms with Crippen LogP contribution in [0.1, 0.15) is 101 Å². The highest BCUT2D eigenvalue weighted by atomic mass is 19.3. The van der Waals surface area contributed by atoms with Crippen molar-refractivity contribution in [1.82, 2.24) is 0 Å². The summed E-state index contributed by atoms with van der Waals surface area (Å²) in [6.45, 7) is 17.3. The molecule has 1 saturated heterocycles. The molecule has 2 aromatic rings. The van der Waals surface area contributed by atoms with E-state index in [0.717, 1.165) is 22.3 Å². The second kappa shape index (κ2) is 8.80. The van der Waals surface area contributed by atoms with E-state index in [2.05, 4.69) is 55.4 Å². The fourth-order valence-electron chi connectivity index (χ4n) is 4.75. The van der Waals surface area contributed by atoms with Gasteiger partial charge in [-0.1, -0.05) is 91.8 Å². The maximum absolute atomic E-state index is 16.3. The van der Waals surface area contributed by atoms with Crippen LogP contribution >= 0.6 is 0 Å². The molecular formula is C27H38F2N2. The lowest BCUT2D eigenvalue weighted by atomic mass is 9.91. The molecule has 1 aliphatic rings. The Bertz CT molecular complexity index is 789. The standard InChI is InChI=1S/C27H38F2N2/c1-17(2)21-11-9-12-22(18(3)4)25(21)30-15-16-31(27(30,28)29)26-23(19(5)6)13-10-14-24(26)20(7)8/h9-14,17-20H,15-16H2,1-8H3. The lowest BCUT2D eigenvalue weighted by Gasteiger charge is -2.37. The van der Waals surface area contributed by atoms with E-state index in [1.807, 2.05) is 36.4 Å². The number of benzene rings is 2. The summed E-state index contributed by atoms with van der Waals surface area (Å²) in [5, 5.41) is 0. The number of rotatable bonds is 6. The first kappa shape index (κ1) is 23.6. The predicted octanol–water partition coefficient (Wildman–Crippen LogP) is 8.06. The number of para-hydroxylation sites is 2. The maximum Gasteiger partial charge on any atom is 0.414 e. The van der Waals surface area contributed by atoms with Crippen LogP contribution in [0.15, 0.2) is 36.4 Å². The van der Waals surface area contributed by atoms with Crippen molar-refractivity contribution in [3.8, 4) is 0 Å². The van der Waals surface area contributed by atoms with Crippen molar-refractivity contribution in [1.29, 1.82) is 0 Å². The maximum atomic E-state index is 16.3. The third-order valence-electron chi connectivity index (χ3n) is 6.42. The SMILES string of the molecule is CC(C)c1cccc(C(C)C)c1N1CCN(c2c(C(C)C)cccc2C(C)C)C1(F)F. The largest absolute Gasteiger partial charge is 0.414 e. The van der Waals surface area contributed by atoms with Crippen LogP contribution in [0.2, 0.25) is 0 Å². The van der Waals surface area contributed by atoms with E-state index in [-0.39, 0.29) is 23.7 Å². The zero-order valence-corrected chi connectivity index (χ0v) is 20.3. The van der Waals surface area contributed by atoms with Crippen molar-refractivity contribution < 1.29 is 8.78 Å². The second-order valence-electron chi connectivity index (χ2n) is 10.0. The quantitative estimate of drug-likeness (QED) is 0.429. The molecule has 170 valence electrons. The van der Waals surface area contributed by atoms with Crippen molar-refractivity contribution in [3.05, 3.63) is 58.7 Å². The van der Waals surface area contributed by atoms with Gasteiger partial charge in [-0.15, -0.1) is 0 Å². The van der Waals surface area contributed by atoms with Gasteiger partial charge in [0.15, 0.2) is 0 Å². The summed E-state index contributed by atoms with van der Waals surface area (Å²) in [6, 6.07) is 12.0. The van der Waals surface area contributed by atoms with Crippen LogP contribution in [0.3, 0.4) is 0 Å². The molecule has 2 nitrogen and oxygen atoms in total. The molecule has 4 heteroatoms. The molecule has 0 atom stereocenters. The van der Waals surface area contributed by atoms with E-state index in [0.29, 0.717) is 24.5 Å². The van der Waals surface area contributed by atoms with Gasteiger partial charge in [0, 0.05) is 13.1 Å². The van der Waals surface area contributed by atoms with Gasteiger partial charge in [-0.3, -0.25) is 9.80 Å². The van der Waals surface area contributed by atoms with Gasteiger partial charge in [0.05, 0.1) is 11.4 Å². The van der Waals surface area contributed by atoms with E-state index in [9.17, 15) is 0 Å². The normalized spacial score (nSPS) is 16.5. The average Bonchev–Trinajstić information content (AvgIpc) is 3.00. The molecule has 0 aliphatic carbocycles. The van der Waals surface area contributed by atoms with Gasteiger partial charge in [-0.2, -0.15) is 8.78 Å². The van der Waals surface area contributed by atoms with Crippen LogP contribution in [0.25, 0.3) is 0 Å². The average molecular weight is 429 g/mol. The molecule has 2 aromatic carbocycles. The highest BCUT2D eigenvalue weighted by Crippen LogP contribution is 2.47. The minimum absolute atomic E-state index is 0.174. The summed E-state index contributed by atoms with van der Waals surface area (Å²) in [5.74, 6) is 0.695. The van der Waals surface area contributed by atoms with Gasteiger partial charge in [0.2, 0.25) is 0 Å². The Morgan fingerprint density at radius 3 is 1.06 bits per heavy atom. The van der Waals surface area contributed by atoms with Gasteiger partial charge >= 0.3 is 6.17 Å². The molecule has 1 aliphatic heterocycles. The minimum Gasteiger partial charge on any atom is -0.292 e. The summed E-state index contributed by atoms with van der Waals surface area (Å²) in [5.41, 5.74) is 5.41. The van der Waals surface area contributed by atoms with Gasteiger partial charge in [-0.25, -0.2) is 0 Å². The topological polar surface area (TPSA) is 6.48 Å². The van der Waals surface area contributed by atoms with Gasteiger partial charge in [-0.05, 0) is 45.9 Å². The number of anilines is 2. The molecule has 0 aromatic heterocycles. The van der Waals surface area contributed by atoms with Crippen molar-refractivity contribution in [3.63, 3.8) is 0 Å². The molecule has 0 radical (unpaired) electrons. The molecule has 1 fully saturated rings. The molecule has 0 N–H and O–H groups in total. The molecule has 1 heterocycles. The fourth-order valence-corrected chi connectivity index (χ4v) is 4.75. The minimum atomic E-state index is -3.09. The third kappa shape index (κ3) is 4.18. The van der Waals surface area contributed by atoms with Crippen LogP contribution in [-0.4, -0.2) is 19.3 Å². The van der Waals surface area contributed by atoms with E-state index in [4.69, 9.17) is 0 Å². The summed E-state index contributed by atoms with van der Waals surface area (Å²) in [6.07, 6.45) is -3.09. The second-order valence-corrected chi connectivity index (χ2v) is 10.0. The lowest BCUT2D eigenvalue weighted by Crippen LogP contribution is -2.47. The number of alkyl halides is 2. The van der Waals surface area contributed by atoms with Crippen LogP contribution < -0.4 is 9.80 Å². The van der Waals surface area contributed by atoms with E-state index in [1.54, 1.807) is 0 Å². The molecule has 0 amide bonds. The molecular weight excluding hydrogens is 390 g/mol. The summed E-state index contributed by atoms with van der Waals surface area (Å²) in [4.78, 5) is 2.72. The Morgan fingerprint density at radius 1 is 0.581 bits per heavy atom. The molecule has 0 unspecified atom stereocenters. The van der Waals surface area contributed by atoms with Crippen molar-refractivity contribution in [2.75, 3.05) is 22.9 Å². The van der Waals surface area contributed by atoms with Crippen LogP contribution in [0.5, 0.6) is 0 Å². The molecule has 31 heavy (non-hydrogen) atoms.